The Hall–Kier alpha value is -1.87. The van der Waals surface area contributed by atoms with Crippen LogP contribution in [-0.4, -0.2) is 51.6 Å². The standard InChI is InChI=1S/C22H28N4O3S2/c27-18(26-9-2-3-13(11-26)20(28)23-14-6-7-14)8-10-30-12-17-24-21(29)19-15-4-1-5-16(15)31-22(19)25-17/h13-14H,1-12H2,(H,23,28)(H,24,25,29). The predicted molar refractivity (Wildman–Crippen MR) is 124 cm³/mol. The molecule has 7 nitrogen and oxygen atoms in total. The zero-order valence-electron chi connectivity index (χ0n) is 17.6. The maximum Gasteiger partial charge on any atom is 0.259 e. The van der Waals surface area contributed by atoms with Crippen LogP contribution in [0.15, 0.2) is 4.79 Å². The molecule has 1 aliphatic heterocycles. The first-order chi connectivity index (χ1) is 15.1. The number of nitrogens with zero attached hydrogens (tertiary/aromatic N) is 2. The van der Waals surface area contributed by atoms with Crippen molar-refractivity contribution in [3.8, 4) is 0 Å². The van der Waals surface area contributed by atoms with E-state index in [9.17, 15) is 14.4 Å². The highest BCUT2D eigenvalue weighted by molar-refractivity contribution is 7.98. The van der Waals surface area contributed by atoms with Crippen molar-refractivity contribution >= 4 is 45.1 Å². The highest BCUT2D eigenvalue weighted by Gasteiger charge is 2.31. The number of H-pyrrole nitrogens is 1. The monoisotopic (exact) mass is 460 g/mol. The molecular weight excluding hydrogens is 432 g/mol. The van der Waals surface area contributed by atoms with Crippen molar-refractivity contribution in [1.82, 2.24) is 20.2 Å². The third-order valence-electron chi connectivity index (χ3n) is 6.39. The number of amides is 2. The molecule has 1 saturated heterocycles. The quantitative estimate of drug-likeness (QED) is 0.620. The molecule has 0 aromatic carbocycles. The summed E-state index contributed by atoms with van der Waals surface area (Å²) in [5.74, 6) is 2.11. The molecule has 2 aliphatic carbocycles. The van der Waals surface area contributed by atoms with Gasteiger partial charge in [-0.2, -0.15) is 11.8 Å². The SMILES string of the molecule is O=C(NC1CC1)C1CCCN(C(=O)CCSCc2nc3sc4c(c3c(=O)[nH]2)CCC4)C1. The molecule has 0 spiro atoms. The number of fused-ring (bicyclic) bond motifs is 3. The molecular formula is C22H28N4O3S2. The van der Waals surface area contributed by atoms with Gasteiger partial charge in [0.1, 0.15) is 10.7 Å². The number of nitrogens with one attached hydrogen (secondary N) is 2. The normalized spacial score (nSPS) is 20.8. The largest absolute Gasteiger partial charge is 0.353 e. The average molecular weight is 461 g/mol. The van der Waals surface area contributed by atoms with E-state index in [0.29, 0.717) is 36.3 Å². The molecule has 166 valence electrons. The van der Waals surface area contributed by atoms with Crippen LogP contribution in [0.4, 0.5) is 0 Å². The molecule has 2 N–H and O–H groups in total. The van der Waals surface area contributed by atoms with Crippen molar-refractivity contribution in [2.45, 2.75) is 63.2 Å². The van der Waals surface area contributed by atoms with Gasteiger partial charge in [-0.15, -0.1) is 11.3 Å². The fraction of sp³-hybridized carbons (Fsp3) is 0.636. The number of likely N-dealkylation sites (tertiary alicyclic amines) is 1. The number of aromatic amines is 1. The average Bonchev–Trinajstić information content (AvgIpc) is 3.34. The lowest BCUT2D eigenvalue weighted by Gasteiger charge is -2.32. The zero-order chi connectivity index (χ0) is 21.4. The molecule has 1 unspecified atom stereocenters. The Bertz CT molecular complexity index is 1060. The van der Waals surface area contributed by atoms with Gasteiger partial charge in [0.2, 0.25) is 11.8 Å². The number of aromatic nitrogens is 2. The van der Waals surface area contributed by atoms with Crippen LogP contribution in [0.2, 0.25) is 0 Å². The van der Waals surface area contributed by atoms with E-state index < -0.39 is 0 Å². The minimum atomic E-state index is -0.0700. The van der Waals surface area contributed by atoms with E-state index in [1.165, 1.54) is 10.4 Å². The molecule has 31 heavy (non-hydrogen) atoms. The molecule has 3 heterocycles. The maximum absolute atomic E-state index is 12.6. The van der Waals surface area contributed by atoms with E-state index in [4.69, 9.17) is 0 Å². The molecule has 2 fully saturated rings. The Labute approximate surface area is 189 Å². The summed E-state index contributed by atoms with van der Waals surface area (Å²) in [7, 11) is 0. The Morgan fingerprint density at radius 3 is 2.94 bits per heavy atom. The van der Waals surface area contributed by atoms with E-state index in [1.54, 1.807) is 23.1 Å². The van der Waals surface area contributed by atoms with Crippen LogP contribution in [0.25, 0.3) is 10.2 Å². The minimum Gasteiger partial charge on any atom is -0.353 e. The van der Waals surface area contributed by atoms with Crippen molar-refractivity contribution in [1.29, 1.82) is 0 Å². The van der Waals surface area contributed by atoms with Crippen molar-refractivity contribution in [3.63, 3.8) is 0 Å². The maximum atomic E-state index is 12.6. The summed E-state index contributed by atoms with van der Waals surface area (Å²) in [6.45, 7) is 1.28. The number of aryl methyl sites for hydroxylation is 2. The number of hydrogen-bond donors (Lipinski definition) is 2. The molecule has 2 aromatic rings. The van der Waals surface area contributed by atoms with E-state index in [2.05, 4.69) is 15.3 Å². The molecule has 0 bridgehead atoms. The van der Waals surface area contributed by atoms with Gasteiger partial charge in [0.15, 0.2) is 0 Å². The smallest absolute Gasteiger partial charge is 0.259 e. The molecule has 0 radical (unpaired) electrons. The summed E-state index contributed by atoms with van der Waals surface area (Å²) in [6, 6.07) is 0.365. The van der Waals surface area contributed by atoms with Crippen molar-refractivity contribution < 1.29 is 9.59 Å². The number of thioether (sulfide) groups is 1. The third kappa shape index (κ3) is 4.67. The minimum absolute atomic E-state index is 0.0279. The van der Waals surface area contributed by atoms with Gasteiger partial charge < -0.3 is 15.2 Å². The molecule has 1 saturated carbocycles. The van der Waals surface area contributed by atoms with Crippen LogP contribution < -0.4 is 10.9 Å². The fourth-order valence-corrected chi connectivity index (χ4v) is 6.64. The summed E-state index contributed by atoms with van der Waals surface area (Å²) >= 11 is 3.27. The number of hydrogen-bond acceptors (Lipinski definition) is 6. The van der Waals surface area contributed by atoms with Gasteiger partial charge in [-0.1, -0.05) is 0 Å². The van der Waals surface area contributed by atoms with E-state index >= 15 is 0 Å². The Morgan fingerprint density at radius 2 is 2.10 bits per heavy atom. The summed E-state index contributed by atoms with van der Waals surface area (Å²) in [5, 5.41) is 3.85. The number of piperidine rings is 1. The lowest BCUT2D eigenvalue weighted by molar-refractivity contribution is -0.135. The van der Waals surface area contributed by atoms with Gasteiger partial charge in [-0.05, 0) is 50.5 Å². The van der Waals surface area contributed by atoms with Crippen molar-refractivity contribution in [2.75, 3.05) is 18.8 Å². The number of rotatable bonds is 7. The predicted octanol–water partition coefficient (Wildman–Crippen LogP) is 2.61. The number of carbonyl (C=O) groups excluding carboxylic acids is 2. The van der Waals surface area contributed by atoms with Crippen LogP contribution in [-0.2, 0) is 28.2 Å². The first-order valence-corrected chi connectivity index (χ1v) is 13.2. The molecule has 3 aliphatic rings. The Balaban J connectivity index is 1.10. The number of thiophene rings is 1. The lowest BCUT2D eigenvalue weighted by Crippen LogP contribution is -2.46. The molecule has 2 aromatic heterocycles. The highest BCUT2D eigenvalue weighted by atomic mass is 32.2. The van der Waals surface area contributed by atoms with E-state index in [0.717, 1.165) is 61.7 Å². The van der Waals surface area contributed by atoms with E-state index in [-0.39, 0.29) is 23.3 Å². The summed E-state index contributed by atoms with van der Waals surface area (Å²) in [5.41, 5.74) is 1.17. The second-order valence-electron chi connectivity index (χ2n) is 8.81. The van der Waals surface area contributed by atoms with Gasteiger partial charge in [0.05, 0.1) is 17.1 Å². The zero-order valence-corrected chi connectivity index (χ0v) is 19.2. The Morgan fingerprint density at radius 1 is 1.23 bits per heavy atom. The van der Waals surface area contributed by atoms with Crippen LogP contribution in [0.1, 0.15) is 54.8 Å². The molecule has 5 rings (SSSR count). The Kier molecular flexibility index (Phi) is 6.05. The van der Waals surface area contributed by atoms with Crippen LogP contribution >= 0.6 is 23.1 Å². The van der Waals surface area contributed by atoms with Crippen molar-refractivity contribution in [2.24, 2.45) is 5.92 Å². The molecule has 9 heteroatoms. The van der Waals surface area contributed by atoms with Gasteiger partial charge in [-0.25, -0.2) is 4.98 Å². The first-order valence-electron chi connectivity index (χ1n) is 11.3. The highest BCUT2D eigenvalue weighted by Crippen LogP contribution is 2.34. The van der Waals surface area contributed by atoms with E-state index in [1.807, 2.05) is 4.90 Å². The van der Waals surface area contributed by atoms with Crippen LogP contribution in [0.5, 0.6) is 0 Å². The van der Waals surface area contributed by atoms with Crippen molar-refractivity contribution in [3.05, 3.63) is 26.6 Å². The van der Waals surface area contributed by atoms with Gasteiger partial charge >= 0.3 is 0 Å². The first kappa shape index (κ1) is 21.0. The molecule has 2 amide bonds. The van der Waals surface area contributed by atoms with Gasteiger partial charge in [0.25, 0.3) is 5.56 Å². The molecule has 1 atom stereocenters. The second-order valence-corrected chi connectivity index (χ2v) is 11.0. The van der Waals surface area contributed by atoms with Crippen LogP contribution in [0.3, 0.4) is 0 Å². The third-order valence-corrected chi connectivity index (χ3v) is 8.55. The second kappa shape index (κ2) is 8.94. The summed E-state index contributed by atoms with van der Waals surface area (Å²) in [6.07, 6.45) is 7.53. The lowest BCUT2D eigenvalue weighted by atomic mass is 9.97. The topological polar surface area (TPSA) is 95.2 Å². The van der Waals surface area contributed by atoms with Gasteiger partial charge in [0, 0.05) is 36.2 Å². The summed E-state index contributed by atoms with van der Waals surface area (Å²) < 4.78 is 0. The number of carbonyl (C=O) groups is 2. The fourth-order valence-electron chi connectivity index (χ4n) is 4.57. The summed E-state index contributed by atoms with van der Waals surface area (Å²) in [4.78, 5) is 49.1. The van der Waals surface area contributed by atoms with Crippen LogP contribution in [0, 0.1) is 5.92 Å². The van der Waals surface area contributed by atoms with Gasteiger partial charge in [-0.3, -0.25) is 14.4 Å².